The molecule has 3 rings (SSSR count). The van der Waals surface area contributed by atoms with Crippen molar-refractivity contribution in [2.75, 3.05) is 6.61 Å². The van der Waals surface area contributed by atoms with Crippen LogP contribution in [0.25, 0.3) is 11.0 Å². The van der Waals surface area contributed by atoms with Crippen molar-refractivity contribution in [3.63, 3.8) is 0 Å². The van der Waals surface area contributed by atoms with Gasteiger partial charge in [0, 0.05) is 35.9 Å². The number of fused-ring (bicyclic) bond motifs is 1. The second-order valence-electron chi connectivity index (χ2n) is 9.59. The summed E-state index contributed by atoms with van der Waals surface area (Å²) in [6.07, 6.45) is 2.58. The summed E-state index contributed by atoms with van der Waals surface area (Å²) >= 11 is 0. The first-order valence-corrected chi connectivity index (χ1v) is 10.4. The summed E-state index contributed by atoms with van der Waals surface area (Å²) in [5.41, 5.74) is 2.01. The van der Waals surface area contributed by atoms with E-state index in [1.54, 1.807) is 0 Å². The van der Waals surface area contributed by atoms with Crippen molar-refractivity contribution >= 4 is 16.9 Å². The van der Waals surface area contributed by atoms with Gasteiger partial charge in [0.15, 0.2) is 6.61 Å². The Balaban J connectivity index is 1.70. The Morgan fingerprint density at radius 1 is 1.24 bits per heavy atom. The molecule has 0 spiro atoms. The molecule has 1 aliphatic rings. The highest BCUT2D eigenvalue weighted by atomic mass is 16.5. The Morgan fingerprint density at radius 3 is 2.52 bits per heavy atom. The van der Waals surface area contributed by atoms with E-state index in [1.807, 2.05) is 26.0 Å². The van der Waals surface area contributed by atoms with Crippen molar-refractivity contribution in [1.29, 1.82) is 0 Å². The second kappa shape index (κ2) is 7.82. The third-order valence-corrected chi connectivity index (χ3v) is 5.63. The van der Waals surface area contributed by atoms with Gasteiger partial charge in [0.25, 0.3) is 5.91 Å². The number of rotatable bonds is 5. The van der Waals surface area contributed by atoms with Crippen molar-refractivity contribution in [2.24, 2.45) is 0 Å². The molecule has 2 aromatic rings. The van der Waals surface area contributed by atoms with Gasteiger partial charge in [-0.1, -0.05) is 6.92 Å². The van der Waals surface area contributed by atoms with Gasteiger partial charge in [0.05, 0.1) is 11.1 Å². The molecule has 2 heterocycles. The summed E-state index contributed by atoms with van der Waals surface area (Å²) in [4.78, 5) is 24.4. The third kappa shape index (κ3) is 4.99. The van der Waals surface area contributed by atoms with Crippen LogP contribution in [-0.4, -0.2) is 29.6 Å². The number of benzene rings is 1. The largest absolute Gasteiger partial charge is 0.483 e. The first-order chi connectivity index (χ1) is 13.5. The molecule has 158 valence electrons. The predicted molar refractivity (Wildman–Crippen MR) is 113 cm³/mol. The van der Waals surface area contributed by atoms with Crippen molar-refractivity contribution in [3.05, 3.63) is 39.7 Å². The lowest BCUT2D eigenvalue weighted by atomic mass is 9.79. The molecule has 0 radical (unpaired) electrons. The molecule has 0 bridgehead atoms. The zero-order valence-electron chi connectivity index (χ0n) is 18.3. The van der Waals surface area contributed by atoms with Gasteiger partial charge >= 0.3 is 5.63 Å². The summed E-state index contributed by atoms with van der Waals surface area (Å²) in [5.74, 6) is 0.424. The highest BCUT2D eigenvalue weighted by molar-refractivity contribution is 5.85. The summed E-state index contributed by atoms with van der Waals surface area (Å²) < 4.78 is 11.2. The number of hydrogen-bond acceptors (Lipinski definition) is 4. The normalized spacial score (nSPS) is 18.6. The number of nitrogens with two attached hydrogens (primary N) is 1. The maximum atomic E-state index is 12.5. The third-order valence-electron chi connectivity index (χ3n) is 5.63. The van der Waals surface area contributed by atoms with Crippen LogP contribution in [0.15, 0.2) is 27.4 Å². The SMILES string of the molecule is CCc1cc(=O)oc2c(C)c(OCC(=O)NC3CC(C)(C)[NH2+]C(C)(C)C3)ccc12. The number of hydrogen-bond donors (Lipinski definition) is 2. The van der Waals surface area contributed by atoms with Crippen molar-refractivity contribution in [2.45, 2.75) is 77.9 Å². The average Bonchev–Trinajstić information content (AvgIpc) is 2.58. The van der Waals surface area contributed by atoms with E-state index >= 15 is 0 Å². The van der Waals surface area contributed by atoms with Crippen LogP contribution < -0.4 is 21.0 Å². The first kappa shape index (κ1) is 21.4. The van der Waals surface area contributed by atoms with Crippen LogP contribution in [0.2, 0.25) is 0 Å². The molecule has 1 amide bonds. The minimum absolute atomic E-state index is 0.0644. The van der Waals surface area contributed by atoms with Gasteiger partial charge in [-0.15, -0.1) is 0 Å². The number of ether oxygens (including phenoxy) is 1. The molecule has 0 atom stereocenters. The lowest BCUT2D eigenvalue weighted by Crippen LogP contribution is -3.06. The minimum atomic E-state index is -0.369. The van der Waals surface area contributed by atoms with Gasteiger partial charge in [-0.3, -0.25) is 4.79 Å². The molecule has 6 nitrogen and oxygen atoms in total. The van der Waals surface area contributed by atoms with E-state index in [4.69, 9.17) is 9.15 Å². The number of carbonyl (C=O) groups excluding carboxylic acids is 1. The molecule has 0 saturated carbocycles. The molecule has 0 aliphatic carbocycles. The molecule has 3 N–H and O–H groups in total. The standard InChI is InChI=1S/C23H32N2O4/c1-7-15-10-20(27)29-21-14(2)18(9-8-17(15)21)28-13-19(26)24-16-11-22(3,4)25-23(5,6)12-16/h8-10,16,25H,7,11-13H2,1-6H3,(H,24,26)/p+1. The number of quaternary nitrogens is 1. The molecular weight excluding hydrogens is 368 g/mol. The number of aryl methyl sites for hydroxylation is 2. The van der Waals surface area contributed by atoms with E-state index in [2.05, 4.69) is 38.3 Å². The molecule has 1 aliphatic heterocycles. The Kier molecular flexibility index (Phi) is 5.77. The van der Waals surface area contributed by atoms with Crippen molar-refractivity contribution in [1.82, 2.24) is 5.32 Å². The summed E-state index contributed by atoms with van der Waals surface area (Å²) in [6, 6.07) is 5.38. The number of carbonyl (C=O) groups is 1. The molecule has 1 saturated heterocycles. The highest BCUT2D eigenvalue weighted by Gasteiger charge is 2.42. The molecular formula is C23H33N2O4+. The molecule has 6 heteroatoms. The van der Waals surface area contributed by atoms with E-state index in [0.717, 1.165) is 35.8 Å². The van der Waals surface area contributed by atoms with Crippen LogP contribution in [0, 0.1) is 6.92 Å². The van der Waals surface area contributed by atoms with Gasteiger partial charge < -0.3 is 19.8 Å². The quantitative estimate of drug-likeness (QED) is 0.754. The maximum absolute atomic E-state index is 12.5. The topological polar surface area (TPSA) is 85.1 Å². The fraction of sp³-hybridized carbons (Fsp3) is 0.565. The average molecular weight is 402 g/mol. The van der Waals surface area contributed by atoms with E-state index in [9.17, 15) is 9.59 Å². The van der Waals surface area contributed by atoms with Crippen LogP contribution >= 0.6 is 0 Å². The van der Waals surface area contributed by atoms with Gasteiger partial charge in [0.1, 0.15) is 11.3 Å². The predicted octanol–water partition coefficient (Wildman–Crippen LogP) is 2.44. The number of piperidine rings is 1. The van der Waals surface area contributed by atoms with E-state index in [0.29, 0.717) is 11.3 Å². The summed E-state index contributed by atoms with van der Waals surface area (Å²) in [7, 11) is 0. The molecule has 1 aromatic heterocycles. The smallest absolute Gasteiger partial charge is 0.336 e. The van der Waals surface area contributed by atoms with Gasteiger partial charge in [0.2, 0.25) is 0 Å². The lowest BCUT2D eigenvalue weighted by molar-refractivity contribution is -0.787. The number of amides is 1. The number of nitrogens with one attached hydrogen (secondary N) is 1. The Labute approximate surface area is 172 Å². The Bertz CT molecular complexity index is 959. The van der Waals surface area contributed by atoms with Crippen LogP contribution in [0.5, 0.6) is 5.75 Å². The zero-order valence-corrected chi connectivity index (χ0v) is 18.3. The molecule has 1 fully saturated rings. The summed E-state index contributed by atoms with van der Waals surface area (Å²) in [6.45, 7) is 12.6. The minimum Gasteiger partial charge on any atom is -0.483 e. The lowest BCUT2D eigenvalue weighted by Gasteiger charge is -2.43. The molecule has 1 aromatic carbocycles. The van der Waals surface area contributed by atoms with Gasteiger partial charge in [-0.25, -0.2) is 4.79 Å². The monoisotopic (exact) mass is 401 g/mol. The van der Waals surface area contributed by atoms with E-state index < -0.39 is 0 Å². The maximum Gasteiger partial charge on any atom is 0.336 e. The van der Waals surface area contributed by atoms with E-state index in [1.165, 1.54) is 6.07 Å². The molecule has 29 heavy (non-hydrogen) atoms. The van der Waals surface area contributed by atoms with E-state index in [-0.39, 0.29) is 35.3 Å². The van der Waals surface area contributed by atoms with Crippen LogP contribution in [-0.2, 0) is 11.2 Å². The fourth-order valence-electron chi connectivity index (χ4n) is 4.89. The Hall–Kier alpha value is -2.34. The second-order valence-corrected chi connectivity index (χ2v) is 9.59. The zero-order chi connectivity index (χ0) is 21.4. The van der Waals surface area contributed by atoms with Crippen LogP contribution in [0.3, 0.4) is 0 Å². The van der Waals surface area contributed by atoms with Gasteiger partial charge in [-0.05, 0) is 58.7 Å². The molecule has 0 unspecified atom stereocenters. The van der Waals surface area contributed by atoms with Crippen molar-refractivity contribution < 1.29 is 19.3 Å². The van der Waals surface area contributed by atoms with Gasteiger partial charge in [-0.2, -0.15) is 0 Å². The van der Waals surface area contributed by atoms with Crippen LogP contribution in [0.1, 0.15) is 58.6 Å². The first-order valence-electron chi connectivity index (χ1n) is 10.4. The van der Waals surface area contributed by atoms with Crippen LogP contribution in [0.4, 0.5) is 0 Å². The Morgan fingerprint density at radius 2 is 1.90 bits per heavy atom. The summed E-state index contributed by atoms with van der Waals surface area (Å²) in [5, 5.41) is 6.42. The fourth-order valence-corrected chi connectivity index (χ4v) is 4.89. The highest BCUT2D eigenvalue weighted by Crippen LogP contribution is 2.28. The van der Waals surface area contributed by atoms with Crippen molar-refractivity contribution in [3.8, 4) is 5.75 Å².